The zero-order valence-electron chi connectivity index (χ0n) is 12.0. The molecule has 0 aliphatic heterocycles. The van der Waals surface area contributed by atoms with Gasteiger partial charge < -0.3 is 5.11 Å². The van der Waals surface area contributed by atoms with Gasteiger partial charge in [-0.15, -0.1) is 6.42 Å². The van der Waals surface area contributed by atoms with Crippen LogP contribution in [-0.2, 0) is 10.0 Å². The summed E-state index contributed by atoms with van der Waals surface area (Å²) in [5.74, 6) is 1.21. The molecule has 0 aromatic heterocycles. The van der Waals surface area contributed by atoms with Crippen LogP contribution < -0.4 is 4.31 Å². The number of aromatic carboxylic acids is 1. The summed E-state index contributed by atoms with van der Waals surface area (Å²) in [5, 5.41) is 8.79. The van der Waals surface area contributed by atoms with Crippen LogP contribution in [0.2, 0.25) is 5.02 Å². The third-order valence-corrected chi connectivity index (χ3v) is 5.30. The lowest BCUT2D eigenvalue weighted by atomic mass is 10.2. The first-order valence-electron chi connectivity index (χ1n) is 6.36. The highest BCUT2D eigenvalue weighted by molar-refractivity contribution is 7.92. The Morgan fingerprint density at radius 3 is 2.52 bits per heavy atom. The summed E-state index contributed by atoms with van der Waals surface area (Å²) in [5.41, 5.74) is 0.769. The summed E-state index contributed by atoms with van der Waals surface area (Å²) >= 11 is 5.84. The van der Waals surface area contributed by atoms with E-state index in [2.05, 4.69) is 5.92 Å². The minimum atomic E-state index is -3.89. The van der Waals surface area contributed by atoms with Gasteiger partial charge in [-0.05, 0) is 36.4 Å². The molecule has 0 heterocycles. The maximum Gasteiger partial charge on any atom is 0.337 e. The Morgan fingerprint density at radius 2 is 1.96 bits per heavy atom. The number of carbonyl (C=O) groups is 1. The maximum atomic E-state index is 12.6. The summed E-state index contributed by atoms with van der Waals surface area (Å²) in [7, 11) is -2.52. The number of halogens is 1. The van der Waals surface area contributed by atoms with E-state index in [-0.39, 0.29) is 15.5 Å². The van der Waals surface area contributed by atoms with Gasteiger partial charge in [0.15, 0.2) is 0 Å². The van der Waals surface area contributed by atoms with Crippen molar-refractivity contribution in [3.8, 4) is 12.3 Å². The SMILES string of the molecule is C#Cc1cccc(N(C)S(=O)(=O)c2ccc(C(=O)O)c(Cl)c2)c1. The van der Waals surface area contributed by atoms with Crippen molar-refractivity contribution in [1.82, 2.24) is 0 Å². The molecular formula is C16H12ClNO4S. The van der Waals surface area contributed by atoms with Crippen molar-refractivity contribution < 1.29 is 18.3 Å². The fourth-order valence-electron chi connectivity index (χ4n) is 1.92. The maximum absolute atomic E-state index is 12.6. The zero-order chi connectivity index (χ0) is 17.2. The molecule has 2 aromatic rings. The number of benzene rings is 2. The average molecular weight is 350 g/mol. The molecule has 0 saturated carbocycles. The van der Waals surface area contributed by atoms with Crippen LogP contribution in [0.25, 0.3) is 0 Å². The third-order valence-electron chi connectivity index (χ3n) is 3.21. The molecule has 0 fully saturated rings. The van der Waals surface area contributed by atoms with E-state index in [0.29, 0.717) is 11.3 Å². The molecule has 2 rings (SSSR count). The number of rotatable bonds is 4. The molecule has 7 heteroatoms. The second-order valence-corrected chi connectivity index (χ2v) is 6.99. The number of sulfonamides is 1. The number of carboxylic acids is 1. The van der Waals surface area contributed by atoms with Gasteiger partial charge in [-0.1, -0.05) is 23.6 Å². The van der Waals surface area contributed by atoms with Gasteiger partial charge in [0.2, 0.25) is 0 Å². The second kappa shape index (κ2) is 6.32. The minimum Gasteiger partial charge on any atom is -0.478 e. The molecule has 0 aliphatic rings. The molecular weight excluding hydrogens is 338 g/mol. The second-order valence-electron chi connectivity index (χ2n) is 4.61. The topological polar surface area (TPSA) is 74.7 Å². The van der Waals surface area contributed by atoms with Crippen LogP contribution in [0.15, 0.2) is 47.4 Å². The predicted molar refractivity (Wildman–Crippen MR) is 88.4 cm³/mol. The number of anilines is 1. The quantitative estimate of drug-likeness (QED) is 0.861. The van der Waals surface area contributed by atoms with Crippen LogP contribution in [0.1, 0.15) is 15.9 Å². The first-order valence-corrected chi connectivity index (χ1v) is 8.17. The summed E-state index contributed by atoms with van der Waals surface area (Å²) in [6, 6.07) is 9.97. The highest BCUT2D eigenvalue weighted by Gasteiger charge is 2.23. The molecule has 0 aliphatic carbocycles. The fraction of sp³-hybridized carbons (Fsp3) is 0.0625. The molecule has 0 spiro atoms. The van der Waals surface area contributed by atoms with Crippen molar-refractivity contribution in [3.63, 3.8) is 0 Å². The zero-order valence-corrected chi connectivity index (χ0v) is 13.6. The summed E-state index contributed by atoms with van der Waals surface area (Å²) in [6.07, 6.45) is 5.31. The van der Waals surface area contributed by atoms with Crippen molar-refractivity contribution in [2.75, 3.05) is 11.4 Å². The third kappa shape index (κ3) is 3.31. The van der Waals surface area contributed by atoms with Gasteiger partial charge in [-0.25, -0.2) is 13.2 Å². The highest BCUT2D eigenvalue weighted by atomic mass is 35.5. The number of hydrogen-bond acceptors (Lipinski definition) is 3. The Labute approximate surface area is 139 Å². The first kappa shape index (κ1) is 16.9. The van der Waals surface area contributed by atoms with Gasteiger partial charge in [0.25, 0.3) is 10.0 Å². The molecule has 1 N–H and O–H groups in total. The lowest BCUT2D eigenvalue weighted by Crippen LogP contribution is -2.26. The van der Waals surface area contributed by atoms with Crippen molar-refractivity contribution in [2.45, 2.75) is 4.90 Å². The highest BCUT2D eigenvalue weighted by Crippen LogP contribution is 2.26. The van der Waals surface area contributed by atoms with Gasteiger partial charge in [0.1, 0.15) is 0 Å². The standard InChI is InChI=1S/C16H12ClNO4S/c1-3-11-5-4-6-12(9-11)18(2)23(21,22)13-7-8-14(16(19)20)15(17)10-13/h1,4-10H,2H3,(H,19,20). The van der Waals surface area contributed by atoms with Gasteiger partial charge in [0.05, 0.1) is 21.2 Å². The monoisotopic (exact) mass is 349 g/mol. The Hall–Kier alpha value is -2.49. The Kier molecular flexibility index (Phi) is 4.64. The van der Waals surface area contributed by atoms with E-state index < -0.39 is 16.0 Å². The van der Waals surface area contributed by atoms with E-state index in [1.807, 2.05) is 0 Å². The van der Waals surface area contributed by atoms with Crippen molar-refractivity contribution >= 4 is 33.3 Å². The van der Waals surface area contributed by atoms with Crippen molar-refractivity contribution in [3.05, 3.63) is 58.6 Å². The minimum absolute atomic E-state index is 0.110. The summed E-state index contributed by atoms with van der Waals surface area (Å²) in [4.78, 5) is 10.8. The average Bonchev–Trinajstić information content (AvgIpc) is 2.53. The lowest BCUT2D eigenvalue weighted by Gasteiger charge is -2.20. The first-order chi connectivity index (χ1) is 10.8. The molecule has 23 heavy (non-hydrogen) atoms. The lowest BCUT2D eigenvalue weighted by molar-refractivity contribution is 0.0697. The molecule has 118 valence electrons. The molecule has 0 radical (unpaired) electrons. The van der Waals surface area contributed by atoms with E-state index in [9.17, 15) is 13.2 Å². The van der Waals surface area contributed by atoms with E-state index >= 15 is 0 Å². The van der Waals surface area contributed by atoms with Crippen LogP contribution in [0.4, 0.5) is 5.69 Å². The normalized spacial score (nSPS) is 10.8. The molecule has 0 atom stereocenters. The largest absolute Gasteiger partial charge is 0.478 e. The Bertz CT molecular complexity index is 916. The van der Waals surface area contributed by atoms with E-state index in [1.165, 1.54) is 13.1 Å². The predicted octanol–water partition coefficient (Wildman–Crippen LogP) is 2.84. The molecule has 2 aromatic carbocycles. The van der Waals surface area contributed by atoms with E-state index in [1.54, 1.807) is 24.3 Å². The van der Waals surface area contributed by atoms with Gasteiger partial charge in [0, 0.05) is 12.6 Å². The van der Waals surface area contributed by atoms with Gasteiger partial charge >= 0.3 is 5.97 Å². The van der Waals surface area contributed by atoms with Crippen LogP contribution in [0.3, 0.4) is 0 Å². The van der Waals surface area contributed by atoms with Crippen molar-refractivity contribution in [2.24, 2.45) is 0 Å². The number of terminal acetylenes is 1. The molecule has 0 bridgehead atoms. The summed E-state index contributed by atoms with van der Waals surface area (Å²) in [6.45, 7) is 0. The van der Waals surface area contributed by atoms with Gasteiger partial charge in [-0.3, -0.25) is 4.31 Å². The summed E-state index contributed by atoms with van der Waals surface area (Å²) < 4.78 is 26.3. The van der Waals surface area contributed by atoms with E-state index in [0.717, 1.165) is 16.4 Å². The number of carboxylic acid groups (broad SMARTS) is 1. The van der Waals surface area contributed by atoms with Crippen LogP contribution in [0.5, 0.6) is 0 Å². The smallest absolute Gasteiger partial charge is 0.337 e. The Balaban J connectivity index is 2.47. The molecule has 0 unspecified atom stereocenters. The number of nitrogens with zero attached hydrogens (tertiary/aromatic N) is 1. The van der Waals surface area contributed by atoms with Gasteiger partial charge in [-0.2, -0.15) is 0 Å². The molecule has 0 amide bonds. The van der Waals surface area contributed by atoms with Crippen LogP contribution >= 0.6 is 11.6 Å². The molecule has 0 saturated heterocycles. The Morgan fingerprint density at radius 1 is 1.26 bits per heavy atom. The van der Waals surface area contributed by atoms with E-state index in [4.69, 9.17) is 23.1 Å². The fourth-order valence-corrected chi connectivity index (χ4v) is 3.46. The van der Waals surface area contributed by atoms with Crippen molar-refractivity contribution in [1.29, 1.82) is 0 Å². The van der Waals surface area contributed by atoms with Crippen LogP contribution in [0, 0.1) is 12.3 Å². The molecule has 5 nitrogen and oxygen atoms in total. The number of hydrogen-bond donors (Lipinski definition) is 1. The van der Waals surface area contributed by atoms with Crippen LogP contribution in [-0.4, -0.2) is 26.5 Å².